The van der Waals surface area contributed by atoms with Crippen molar-refractivity contribution in [2.75, 3.05) is 0 Å². The van der Waals surface area contributed by atoms with Crippen molar-refractivity contribution in [3.63, 3.8) is 0 Å². The molecule has 1 aliphatic carbocycles. The molecule has 0 aliphatic heterocycles. The fourth-order valence-electron chi connectivity index (χ4n) is 1.48. The van der Waals surface area contributed by atoms with Gasteiger partial charge in [-0.25, -0.2) is 4.79 Å². The summed E-state index contributed by atoms with van der Waals surface area (Å²) in [5, 5.41) is 40.5. The molecule has 0 saturated heterocycles. The average Bonchev–Trinajstić information content (AvgIpc) is 2.26. The smallest absolute Gasteiger partial charge is 0.345 e. The van der Waals surface area contributed by atoms with Gasteiger partial charge in [-0.05, 0) is 0 Å². The van der Waals surface area contributed by atoms with Crippen LogP contribution in [0.5, 0.6) is 0 Å². The van der Waals surface area contributed by atoms with E-state index in [2.05, 4.69) is 0 Å². The molecule has 0 aromatic rings. The highest BCUT2D eigenvalue weighted by Gasteiger charge is 2.45. The van der Waals surface area contributed by atoms with Crippen molar-refractivity contribution in [2.45, 2.75) is 12.5 Å². The van der Waals surface area contributed by atoms with Gasteiger partial charge in [0, 0.05) is 4.92 Å². The van der Waals surface area contributed by atoms with Crippen molar-refractivity contribution < 1.29 is 24.7 Å². The Labute approximate surface area is 97.5 Å². The van der Waals surface area contributed by atoms with Crippen LogP contribution in [-0.2, 0) is 4.79 Å². The van der Waals surface area contributed by atoms with Gasteiger partial charge in [0.05, 0.1) is 15.9 Å². The summed E-state index contributed by atoms with van der Waals surface area (Å²) in [6.07, 6.45) is -0.373. The van der Waals surface area contributed by atoms with Gasteiger partial charge in [-0.1, -0.05) is 0 Å². The summed E-state index contributed by atoms with van der Waals surface area (Å²) >= 11 is 0. The summed E-state index contributed by atoms with van der Waals surface area (Å²) < 4.78 is 0. The van der Waals surface area contributed by atoms with Gasteiger partial charge in [0.25, 0.3) is 17.4 Å². The molecule has 0 amide bonds. The van der Waals surface area contributed by atoms with Gasteiger partial charge in [-0.3, -0.25) is 30.3 Å². The zero-order chi connectivity index (χ0) is 14.0. The maximum atomic E-state index is 10.8. The van der Waals surface area contributed by atoms with Gasteiger partial charge in [0.15, 0.2) is 5.57 Å². The molecule has 0 bridgehead atoms. The lowest BCUT2D eigenvalue weighted by molar-refractivity contribution is -0.523. The van der Waals surface area contributed by atoms with Crippen molar-refractivity contribution in [2.24, 2.45) is 0 Å². The number of rotatable bonds is 4. The highest BCUT2D eigenvalue weighted by Crippen LogP contribution is 2.27. The number of carbonyl (C=O) groups is 1. The number of carboxylic acids is 1. The fourth-order valence-corrected chi connectivity index (χ4v) is 1.48. The number of hydrogen-bond donors (Lipinski definition) is 1. The van der Waals surface area contributed by atoms with Crippen LogP contribution in [0.4, 0.5) is 0 Å². The van der Waals surface area contributed by atoms with Crippen molar-refractivity contribution in [3.05, 3.63) is 53.4 Å². The first kappa shape index (κ1) is 13.2. The highest BCUT2D eigenvalue weighted by molar-refractivity contribution is 5.89. The van der Waals surface area contributed by atoms with Crippen molar-refractivity contribution >= 4 is 5.97 Å². The van der Waals surface area contributed by atoms with Gasteiger partial charge in [-0.15, -0.1) is 0 Å². The molecule has 1 N–H and O–H groups in total. The Bertz CT molecular complexity index is 519. The third-order valence-electron chi connectivity index (χ3n) is 2.23. The summed E-state index contributed by atoms with van der Waals surface area (Å²) in [7, 11) is 0. The number of nitrogens with zero attached hydrogens (tertiary/aromatic N) is 3. The monoisotopic (exact) mass is 259 g/mol. The molecule has 0 saturated carbocycles. The van der Waals surface area contributed by atoms with E-state index in [0.717, 1.165) is 0 Å². The minimum Gasteiger partial charge on any atom is -0.477 e. The number of carboxylic acid groups (broad SMARTS) is 1. The summed E-state index contributed by atoms with van der Waals surface area (Å²) in [5.74, 6) is -1.85. The average molecular weight is 259 g/mol. The standard InChI is InChI=1S/C7H5N3O8/c11-7(12)6-4(9(15)16)1-3(8(13)14)2-5(6)10(17)18/h1,5H,2H2,(H,11,12). The highest BCUT2D eigenvalue weighted by atomic mass is 16.6. The van der Waals surface area contributed by atoms with Crippen LogP contribution in [0, 0.1) is 30.3 Å². The van der Waals surface area contributed by atoms with E-state index in [9.17, 15) is 35.1 Å². The van der Waals surface area contributed by atoms with E-state index in [0.29, 0.717) is 6.08 Å². The zero-order valence-electron chi connectivity index (χ0n) is 8.51. The fraction of sp³-hybridized carbons (Fsp3) is 0.286. The van der Waals surface area contributed by atoms with Crippen LogP contribution in [0.2, 0.25) is 0 Å². The maximum Gasteiger partial charge on any atom is 0.345 e. The van der Waals surface area contributed by atoms with Crippen molar-refractivity contribution in [1.82, 2.24) is 0 Å². The van der Waals surface area contributed by atoms with Crippen LogP contribution in [0.15, 0.2) is 23.0 Å². The molecular formula is C7H5N3O8. The first-order chi connectivity index (χ1) is 8.25. The second-order valence-corrected chi connectivity index (χ2v) is 3.26. The minimum atomic E-state index is -2.01. The quantitative estimate of drug-likeness (QED) is 0.535. The minimum absolute atomic E-state index is 0.434. The van der Waals surface area contributed by atoms with Crippen LogP contribution >= 0.6 is 0 Å². The third kappa shape index (κ3) is 2.28. The molecule has 1 unspecified atom stereocenters. The second kappa shape index (κ2) is 4.57. The molecule has 11 nitrogen and oxygen atoms in total. The molecule has 0 radical (unpaired) electrons. The van der Waals surface area contributed by atoms with Crippen LogP contribution < -0.4 is 0 Å². The summed E-state index contributed by atoms with van der Waals surface area (Å²) in [5.41, 5.74) is -2.97. The van der Waals surface area contributed by atoms with E-state index < -0.39 is 50.2 Å². The van der Waals surface area contributed by atoms with E-state index in [1.165, 1.54) is 0 Å². The first-order valence-electron chi connectivity index (χ1n) is 4.36. The van der Waals surface area contributed by atoms with E-state index in [4.69, 9.17) is 5.11 Å². The lowest BCUT2D eigenvalue weighted by atomic mass is 9.95. The molecule has 0 fully saturated rings. The van der Waals surface area contributed by atoms with Crippen LogP contribution in [0.25, 0.3) is 0 Å². The van der Waals surface area contributed by atoms with E-state index in [-0.39, 0.29) is 0 Å². The topological polar surface area (TPSA) is 167 Å². The summed E-state index contributed by atoms with van der Waals surface area (Å²) in [4.78, 5) is 39.2. The van der Waals surface area contributed by atoms with Gasteiger partial charge >= 0.3 is 5.97 Å². The molecule has 0 spiro atoms. The van der Waals surface area contributed by atoms with E-state index >= 15 is 0 Å². The van der Waals surface area contributed by atoms with E-state index in [1.807, 2.05) is 0 Å². The molecule has 1 aliphatic rings. The van der Waals surface area contributed by atoms with Gasteiger partial charge < -0.3 is 5.11 Å². The largest absolute Gasteiger partial charge is 0.477 e. The molecule has 11 heteroatoms. The Hall–Kier alpha value is -2.85. The Balaban J connectivity index is 3.49. The normalized spacial score (nSPS) is 19.1. The molecule has 0 heterocycles. The second-order valence-electron chi connectivity index (χ2n) is 3.26. The van der Waals surface area contributed by atoms with Crippen LogP contribution in [0.3, 0.4) is 0 Å². The Morgan fingerprint density at radius 2 is 1.78 bits per heavy atom. The predicted molar refractivity (Wildman–Crippen MR) is 52.1 cm³/mol. The van der Waals surface area contributed by atoms with Crippen molar-refractivity contribution in [1.29, 1.82) is 0 Å². The molecule has 18 heavy (non-hydrogen) atoms. The molecular weight excluding hydrogens is 254 g/mol. The van der Waals surface area contributed by atoms with Gasteiger partial charge in [-0.2, -0.15) is 0 Å². The summed E-state index contributed by atoms with van der Waals surface area (Å²) in [6, 6.07) is -2.01. The van der Waals surface area contributed by atoms with Crippen molar-refractivity contribution in [3.8, 4) is 0 Å². The SMILES string of the molecule is O=C(O)C1=C([N+](=O)[O-])C=C([N+](=O)[O-])CC1[N+](=O)[O-]. The van der Waals surface area contributed by atoms with Crippen LogP contribution in [0.1, 0.15) is 6.42 Å². The predicted octanol–water partition coefficient (Wildman–Crippen LogP) is -0.189. The van der Waals surface area contributed by atoms with Gasteiger partial charge in [0.1, 0.15) is 6.42 Å². The lowest BCUT2D eigenvalue weighted by Gasteiger charge is -2.12. The molecule has 0 aromatic heterocycles. The lowest BCUT2D eigenvalue weighted by Crippen LogP contribution is -2.33. The molecule has 1 atom stereocenters. The zero-order valence-corrected chi connectivity index (χ0v) is 8.51. The first-order valence-corrected chi connectivity index (χ1v) is 4.36. The maximum absolute atomic E-state index is 10.8. The Morgan fingerprint density at radius 1 is 1.22 bits per heavy atom. The number of hydrogen-bond acceptors (Lipinski definition) is 7. The number of nitro groups is 3. The third-order valence-corrected chi connectivity index (χ3v) is 2.23. The van der Waals surface area contributed by atoms with Gasteiger partial charge in [0.2, 0.25) is 0 Å². The summed E-state index contributed by atoms with van der Waals surface area (Å²) in [6.45, 7) is 0. The Morgan fingerprint density at radius 3 is 2.11 bits per heavy atom. The molecule has 96 valence electrons. The van der Waals surface area contributed by atoms with E-state index in [1.54, 1.807) is 0 Å². The number of allylic oxidation sites excluding steroid dienone is 1. The van der Waals surface area contributed by atoms with Crippen LogP contribution in [-0.4, -0.2) is 31.9 Å². The molecule has 1 rings (SSSR count). The number of aliphatic carboxylic acids is 1. The Kier molecular flexibility index (Phi) is 3.35. The molecule has 0 aromatic carbocycles.